The van der Waals surface area contributed by atoms with Gasteiger partial charge >= 0.3 is 0 Å². The van der Waals surface area contributed by atoms with Crippen LogP contribution in [0.4, 0.5) is 0 Å². The van der Waals surface area contributed by atoms with Crippen molar-refractivity contribution in [2.75, 3.05) is 0 Å². The molecule has 0 saturated heterocycles. The molecular formula is C73H124O. The van der Waals surface area contributed by atoms with Gasteiger partial charge in [-0.1, -0.05) is 383 Å². The van der Waals surface area contributed by atoms with Crippen LogP contribution in [-0.2, 0) is 24.9 Å². The highest BCUT2D eigenvalue weighted by molar-refractivity contribution is 5.48. The largest absolute Gasteiger partial charge is 0.376 e. The van der Waals surface area contributed by atoms with Crippen LogP contribution in [0.1, 0.15) is 362 Å². The first kappa shape index (κ1) is 65.9. The summed E-state index contributed by atoms with van der Waals surface area (Å²) >= 11 is 0. The van der Waals surface area contributed by atoms with Crippen molar-refractivity contribution in [2.24, 2.45) is 0 Å². The van der Waals surface area contributed by atoms with Gasteiger partial charge in [0, 0.05) is 0 Å². The molecule has 0 heterocycles. The third-order valence-electron chi connectivity index (χ3n) is 17.1. The molecule has 1 N–H and O–H groups in total. The molecule has 0 aliphatic carbocycles. The fourth-order valence-electron chi connectivity index (χ4n) is 11.9. The number of aryl methyl sites for hydroxylation is 3. The van der Waals surface area contributed by atoms with E-state index < -0.39 is 5.60 Å². The van der Waals surface area contributed by atoms with Gasteiger partial charge in [-0.3, -0.25) is 0 Å². The van der Waals surface area contributed by atoms with Crippen molar-refractivity contribution in [3.05, 3.63) is 106 Å². The van der Waals surface area contributed by atoms with E-state index in [-0.39, 0.29) is 0 Å². The van der Waals surface area contributed by atoms with Gasteiger partial charge < -0.3 is 5.11 Å². The van der Waals surface area contributed by atoms with E-state index >= 15 is 0 Å². The minimum absolute atomic E-state index is 0.976. The van der Waals surface area contributed by atoms with E-state index in [0.717, 1.165) is 36.0 Å². The monoisotopic (exact) mass is 1020 g/mol. The molecule has 74 heavy (non-hydrogen) atoms. The van der Waals surface area contributed by atoms with Crippen molar-refractivity contribution >= 4 is 0 Å². The van der Waals surface area contributed by atoms with Gasteiger partial charge in [0.2, 0.25) is 0 Å². The smallest absolute Gasteiger partial charge is 0.140 e. The van der Waals surface area contributed by atoms with Crippen LogP contribution >= 0.6 is 0 Å². The Balaban J connectivity index is 1.42. The fourth-order valence-corrected chi connectivity index (χ4v) is 11.9. The summed E-state index contributed by atoms with van der Waals surface area (Å²) in [7, 11) is 0. The minimum atomic E-state index is -1.19. The molecule has 3 rings (SSSR count). The third-order valence-corrected chi connectivity index (χ3v) is 17.1. The van der Waals surface area contributed by atoms with Gasteiger partial charge in [0.15, 0.2) is 0 Å². The molecule has 0 aliphatic heterocycles. The molecule has 0 bridgehead atoms. The van der Waals surface area contributed by atoms with Crippen LogP contribution in [-0.4, -0.2) is 5.11 Å². The van der Waals surface area contributed by atoms with Crippen LogP contribution in [0.5, 0.6) is 0 Å². The number of hydrogen-bond acceptors (Lipinski definition) is 1. The molecule has 1 nitrogen and oxygen atoms in total. The zero-order chi connectivity index (χ0) is 52.5. The summed E-state index contributed by atoms with van der Waals surface area (Å²) in [5.41, 5.74) is 5.92. The molecule has 422 valence electrons. The first-order valence-electron chi connectivity index (χ1n) is 33.6. The summed E-state index contributed by atoms with van der Waals surface area (Å²) < 4.78 is 0. The van der Waals surface area contributed by atoms with Gasteiger partial charge in [-0.25, -0.2) is 0 Å². The van der Waals surface area contributed by atoms with E-state index in [2.05, 4.69) is 93.6 Å². The molecule has 0 unspecified atom stereocenters. The molecule has 0 fully saturated rings. The SMILES string of the molecule is CCCCCCCCCCCCCCCCCCc1ccc(C(O)(c2ccc(CCCCCCCCCCCCCCCCCC)cc2)c2ccc(CCCCCCCCCCCCCCCCCC)cc2)cc1. The summed E-state index contributed by atoms with van der Waals surface area (Å²) in [4.78, 5) is 0. The van der Waals surface area contributed by atoms with Crippen molar-refractivity contribution in [3.63, 3.8) is 0 Å². The van der Waals surface area contributed by atoms with Crippen LogP contribution < -0.4 is 0 Å². The summed E-state index contributed by atoms with van der Waals surface area (Å²) in [5.74, 6) is 0. The lowest BCUT2D eigenvalue weighted by Gasteiger charge is -2.31. The van der Waals surface area contributed by atoms with Crippen molar-refractivity contribution in [1.29, 1.82) is 0 Å². The summed E-state index contributed by atoms with van der Waals surface area (Å²) in [5, 5.41) is 13.0. The Hall–Kier alpha value is -2.38. The Morgan fingerprint density at radius 3 is 0.486 bits per heavy atom. The van der Waals surface area contributed by atoms with Crippen molar-refractivity contribution in [1.82, 2.24) is 0 Å². The summed E-state index contributed by atoms with van der Waals surface area (Å²) in [6.07, 6.45) is 70.9. The van der Waals surface area contributed by atoms with E-state index in [4.69, 9.17) is 0 Å². The molecule has 0 aromatic heterocycles. The van der Waals surface area contributed by atoms with E-state index in [0.29, 0.717) is 0 Å². The second-order valence-corrected chi connectivity index (χ2v) is 24.0. The molecule has 0 aliphatic rings. The molecule has 3 aromatic rings. The molecule has 0 spiro atoms. The maximum atomic E-state index is 13.0. The Morgan fingerprint density at radius 1 is 0.203 bits per heavy atom. The Labute approximate surface area is 462 Å². The number of unbranched alkanes of at least 4 members (excludes halogenated alkanes) is 45. The Kier molecular flexibility index (Phi) is 42.6. The van der Waals surface area contributed by atoms with Crippen LogP contribution in [0.25, 0.3) is 0 Å². The second-order valence-electron chi connectivity index (χ2n) is 24.0. The van der Waals surface area contributed by atoms with Crippen molar-refractivity contribution in [3.8, 4) is 0 Å². The summed E-state index contributed by atoms with van der Waals surface area (Å²) in [6.45, 7) is 6.92. The zero-order valence-corrected chi connectivity index (χ0v) is 49.9. The Morgan fingerprint density at radius 2 is 0.338 bits per heavy atom. The first-order valence-corrected chi connectivity index (χ1v) is 33.6. The van der Waals surface area contributed by atoms with E-state index in [1.165, 1.54) is 325 Å². The second kappa shape index (κ2) is 47.8. The van der Waals surface area contributed by atoms with Gasteiger partial charge in [0.25, 0.3) is 0 Å². The van der Waals surface area contributed by atoms with Crippen molar-refractivity contribution < 1.29 is 5.11 Å². The van der Waals surface area contributed by atoms with Crippen LogP contribution in [0.3, 0.4) is 0 Å². The molecule has 0 saturated carbocycles. The average molecular weight is 1020 g/mol. The van der Waals surface area contributed by atoms with E-state index in [9.17, 15) is 5.11 Å². The topological polar surface area (TPSA) is 20.2 Å². The fraction of sp³-hybridized carbons (Fsp3) is 0.753. The normalized spacial score (nSPS) is 11.8. The highest BCUT2D eigenvalue weighted by atomic mass is 16.3. The maximum Gasteiger partial charge on any atom is 0.140 e. The summed E-state index contributed by atoms with van der Waals surface area (Å²) in [6, 6.07) is 27.1. The highest BCUT2D eigenvalue weighted by Crippen LogP contribution is 2.38. The van der Waals surface area contributed by atoms with Crippen LogP contribution in [0.2, 0.25) is 0 Å². The number of benzene rings is 3. The maximum absolute atomic E-state index is 13.0. The first-order chi connectivity index (χ1) is 36.6. The van der Waals surface area contributed by atoms with Gasteiger partial charge in [-0.05, 0) is 71.9 Å². The lowest BCUT2D eigenvalue weighted by atomic mass is 9.79. The predicted octanol–water partition coefficient (Wildman–Crippen LogP) is 24.4. The predicted molar refractivity (Wildman–Crippen MR) is 331 cm³/mol. The van der Waals surface area contributed by atoms with Gasteiger partial charge in [-0.15, -0.1) is 0 Å². The number of aliphatic hydroxyl groups is 1. The minimum Gasteiger partial charge on any atom is -0.376 e. The van der Waals surface area contributed by atoms with E-state index in [1.54, 1.807) is 0 Å². The van der Waals surface area contributed by atoms with Gasteiger partial charge in [0.1, 0.15) is 5.60 Å². The molecule has 0 amide bonds. The molecule has 3 aromatic carbocycles. The average Bonchev–Trinajstić information content (AvgIpc) is 3.43. The van der Waals surface area contributed by atoms with Crippen LogP contribution in [0.15, 0.2) is 72.8 Å². The van der Waals surface area contributed by atoms with Gasteiger partial charge in [0.05, 0.1) is 0 Å². The zero-order valence-electron chi connectivity index (χ0n) is 49.9. The Bertz CT molecular complexity index is 1410. The standard InChI is InChI=1S/C73H124O/c1-4-7-10-13-16-19-22-25-28-31-34-37-40-43-46-49-52-67-55-61-70(62-56-67)73(74,71-63-57-68(58-64-71)53-50-47-44-41-38-35-32-29-26-23-20-17-14-11-8-5-2)72-65-59-69(60-66-72)54-51-48-45-42-39-36-33-30-27-24-21-18-15-12-9-6-3/h55-66,74H,4-54H2,1-3H3. The highest BCUT2D eigenvalue weighted by Gasteiger charge is 2.34. The number of rotatable bonds is 54. The lowest BCUT2D eigenvalue weighted by Crippen LogP contribution is -2.29. The van der Waals surface area contributed by atoms with Crippen molar-refractivity contribution in [2.45, 2.75) is 354 Å². The quantitative estimate of drug-likeness (QED) is 0.0441. The molecule has 0 atom stereocenters. The molecule has 1 heteroatoms. The van der Waals surface area contributed by atoms with Crippen LogP contribution in [0, 0.1) is 0 Å². The third kappa shape index (κ3) is 33.0. The van der Waals surface area contributed by atoms with Gasteiger partial charge in [-0.2, -0.15) is 0 Å². The number of hydrogen-bond donors (Lipinski definition) is 1. The lowest BCUT2D eigenvalue weighted by molar-refractivity contribution is 0.125. The molecule has 0 radical (unpaired) electrons. The molecular weight excluding hydrogens is 893 g/mol. The van der Waals surface area contributed by atoms with E-state index in [1.807, 2.05) is 0 Å².